The molecule has 1 atom stereocenters. The molecule has 1 aromatic carbocycles. The minimum Gasteiger partial charge on any atom is -0.481 e. The first-order valence-electron chi connectivity index (χ1n) is 6.42. The van der Waals surface area contributed by atoms with E-state index in [2.05, 4.69) is 5.32 Å². The van der Waals surface area contributed by atoms with Crippen molar-refractivity contribution in [3.63, 3.8) is 0 Å². The van der Waals surface area contributed by atoms with Crippen LogP contribution in [0.3, 0.4) is 0 Å². The third kappa shape index (κ3) is 6.13. The van der Waals surface area contributed by atoms with E-state index >= 15 is 0 Å². The van der Waals surface area contributed by atoms with E-state index in [1.807, 2.05) is 5.48 Å². The van der Waals surface area contributed by atoms with E-state index in [0.717, 1.165) is 0 Å². The van der Waals surface area contributed by atoms with Crippen molar-refractivity contribution in [1.29, 1.82) is 0 Å². The molecule has 0 saturated heterocycles. The Morgan fingerprint density at radius 2 is 2.00 bits per heavy atom. The maximum absolute atomic E-state index is 11.8. The van der Waals surface area contributed by atoms with Gasteiger partial charge in [-0.1, -0.05) is 12.1 Å². The molecule has 0 heterocycles. The lowest BCUT2D eigenvalue weighted by Gasteiger charge is -2.23. The standard InChI is InChI=1S/C14H20N2O5/c1-14(2,3)21-13(19)15-11(8-12(17)18)9-5-4-6-10(7-9)16-20/h4-7,11,16,20H,8H2,1-3H3,(H,15,19)(H,17,18). The van der Waals surface area contributed by atoms with E-state index in [9.17, 15) is 9.59 Å². The van der Waals surface area contributed by atoms with Crippen LogP contribution < -0.4 is 10.8 Å². The van der Waals surface area contributed by atoms with E-state index < -0.39 is 23.7 Å². The summed E-state index contributed by atoms with van der Waals surface area (Å²) < 4.78 is 5.12. The van der Waals surface area contributed by atoms with Gasteiger partial charge in [0.1, 0.15) is 5.60 Å². The second-order valence-electron chi connectivity index (χ2n) is 5.53. The average molecular weight is 296 g/mol. The van der Waals surface area contributed by atoms with Gasteiger partial charge in [-0.05, 0) is 38.5 Å². The molecule has 0 spiro atoms. The van der Waals surface area contributed by atoms with Gasteiger partial charge in [0.2, 0.25) is 0 Å². The number of carbonyl (C=O) groups is 2. The van der Waals surface area contributed by atoms with Gasteiger partial charge in [0.05, 0.1) is 18.2 Å². The number of anilines is 1. The highest BCUT2D eigenvalue weighted by Crippen LogP contribution is 2.21. The Hall–Kier alpha value is -2.28. The molecule has 0 aliphatic carbocycles. The minimum absolute atomic E-state index is 0.297. The number of alkyl carbamates (subject to hydrolysis) is 1. The molecular weight excluding hydrogens is 276 g/mol. The Balaban J connectivity index is 2.89. The Bertz CT molecular complexity index is 510. The van der Waals surface area contributed by atoms with Crippen LogP contribution in [-0.2, 0) is 9.53 Å². The van der Waals surface area contributed by atoms with E-state index in [1.165, 1.54) is 0 Å². The van der Waals surface area contributed by atoms with Crippen LogP contribution in [0, 0.1) is 0 Å². The second kappa shape index (κ2) is 6.94. The fourth-order valence-corrected chi connectivity index (χ4v) is 1.70. The van der Waals surface area contributed by atoms with Gasteiger partial charge in [-0.2, -0.15) is 0 Å². The normalized spacial score (nSPS) is 12.4. The molecule has 1 aromatic rings. The van der Waals surface area contributed by atoms with Crippen LogP contribution in [0.5, 0.6) is 0 Å². The molecule has 0 radical (unpaired) electrons. The molecule has 21 heavy (non-hydrogen) atoms. The number of nitrogens with one attached hydrogen (secondary N) is 2. The summed E-state index contributed by atoms with van der Waals surface area (Å²) in [6.45, 7) is 5.15. The van der Waals surface area contributed by atoms with Crippen LogP contribution >= 0.6 is 0 Å². The SMILES string of the molecule is CC(C)(C)OC(=O)NC(CC(=O)O)c1cccc(NO)c1. The highest BCUT2D eigenvalue weighted by molar-refractivity contribution is 5.72. The number of benzene rings is 1. The summed E-state index contributed by atoms with van der Waals surface area (Å²) in [7, 11) is 0. The first-order valence-corrected chi connectivity index (χ1v) is 6.42. The fraction of sp³-hybridized carbons (Fsp3) is 0.429. The van der Waals surface area contributed by atoms with Crippen LogP contribution in [0.15, 0.2) is 24.3 Å². The number of carbonyl (C=O) groups excluding carboxylic acids is 1. The van der Waals surface area contributed by atoms with Crippen LogP contribution in [-0.4, -0.2) is 28.0 Å². The first-order chi connectivity index (χ1) is 9.71. The lowest BCUT2D eigenvalue weighted by atomic mass is 10.0. The van der Waals surface area contributed by atoms with Gasteiger partial charge in [-0.15, -0.1) is 0 Å². The minimum atomic E-state index is -1.06. The maximum atomic E-state index is 11.8. The Labute approximate surface area is 122 Å². The Kier molecular flexibility index (Phi) is 5.54. The van der Waals surface area contributed by atoms with Crippen molar-refractivity contribution in [2.24, 2.45) is 0 Å². The number of ether oxygens (including phenoxy) is 1. The van der Waals surface area contributed by atoms with Gasteiger partial charge in [-0.25, -0.2) is 4.79 Å². The van der Waals surface area contributed by atoms with Gasteiger partial charge in [0.15, 0.2) is 0 Å². The Morgan fingerprint density at radius 3 is 2.52 bits per heavy atom. The number of aliphatic carboxylic acids is 1. The molecule has 0 saturated carbocycles. The van der Waals surface area contributed by atoms with E-state index in [1.54, 1.807) is 45.0 Å². The molecule has 0 aromatic heterocycles. The summed E-state index contributed by atoms with van der Waals surface area (Å²) in [5.74, 6) is -1.06. The third-order valence-electron chi connectivity index (χ3n) is 2.49. The number of hydrogen-bond donors (Lipinski definition) is 4. The molecule has 0 aliphatic rings. The largest absolute Gasteiger partial charge is 0.481 e. The molecule has 4 N–H and O–H groups in total. The van der Waals surface area contributed by atoms with Crippen molar-refractivity contribution in [3.8, 4) is 0 Å². The summed E-state index contributed by atoms with van der Waals surface area (Å²) in [5.41, 5.74) is 2.24. The van der Waals surface area contributed by atoms with Gasteiger partial charge >= 0.3 is 12.1 Å². The molecule has 116 valence electrons. The number of rotatable bonds is 5. The van der Waals surface area contributed by atoms with Crippen molar-refractivity contribution in [2.45, 2.75) is 38.8 Å². The molecule has 1 amide bonds. The van der Waals surface area contributed by atoms with Crippen molar-refractivity contribution < 1.29 is 24.6 Å². The van der Waals surface area contributed by atoms with Gasteiger partial charge in [0.25, 0.3) is 0 Å². The Morgan fingerprint density at radius 1 is 1.33 bits per heavy atom. The highest BCUT2D eigenvalue weighted by atomic mass is 16.6. The number of carboxylic acid groups (broad SMARTS) is 1. The predicted octanol–water partition coefficient (Wildman–Crippen LogP) is 2.53. The molecule has 0 bridgehead atoms. The fourth-order valence-electron chi connectivity index (χ4n) is 1.70. The predicted molar refractivity (Wildman–Crippen MR) is 76.2 cm³/mol. The van der Waals surface area contributed by atoms with Crippen LogP contribution in [0.2, 0.25) is 0 Å². The molecule has 7 nitrogen and oxygen atoms in total. The van der Waals surface area contributed by atoms with Gasteiger partial charge < -0.3 is 15.2 Å². The van der Waals surface area contributed by atoms with Crippen molar-refractivity contribution in [3.05, 3.63) is 29.8 Å². The number of hydrogen-bond acceptors (Lipinski definition) is 5. The van der Waals surface area contributed by atoms with Crippen LogP contribution in [0.25, 0.3) is 0 Å². The molecule has 0 aliphatic heterocycles. The summed E-state index contributed by atoms with van der Waals surface area (Å²) in [5, 5.41) is 20.4. The monoisotopic (exact) mass is 296 g/mol. The highest BCUT2D eigenvalue weighted by Gasteiger charge is 2.22. The zero-order chi connectivity index (χ0) is 16.0. The summed E-state index contributed by atoms with van der Waals surface area (Å²) in [4.78, 5) is 22.7. The number of carboxylic acids is 1. The topological polar surface area (TPSA) is 108 Å². The van der Waals surface area contributed by atoms with E-state index in [0.29, 0.717) is 11.3 Å². The van der Waals surface area contributed by atoms with Gasteiger partial charge in [-0.3, -0.25) is 15.5 Å². The summed E-state index contributed by atoms with van der Waals surface area (Å²) in [6.07, 6.45) is -0.996. The van der Waals surface area contributed by atoms with Crippen molar-refractivity contribution in [1.82, 2.24) is 5.32 Å². The zero-order valence-corrected chi connectivity index (χ0v) is 12.2. The van der Waals surface area contributed by atoms with E-state index in [-0.39, 0.29) is 6.42 Å². The lowest BCUT2D eigenvalue weighted by molar-refractivity contribution is -0.137. The summed E-state index contributed by atoms with van der Waals surface area (Å²) >= 11 is 0. The quantitative estimate of drug-likeness (QED) is 0.622. The van der Waals surface area contributed by atoms with Crippen LogP contribution in [0.1, 0.15) is 38.8 Å². The molecule has 1 rings (SSSR count). The molecular formula is C14H20N2O5. The molecule has 7 heteroatoms. The smallest absolute Gasteiger partial charge is 0.408 e. The third-order valence-corrected chi connectivity index (χ3v) is 2.49. The molecule has 1 unspecified atom stereocenters. The van der Waals surface area contributed by atoms with Crippen LogP contribution in [0.4, 0.5) is 10.5 Å². The van der Waals surface area contributed by atoms with Gasteiger partial charge in [0, 0.05) is 0 Å². The van der Waals surface area contributed by atoms with E-state index in [4.69, 9.17) is 15.1 Å². The van der Waals surface area contributed by atoms with Crippen molar-refractivity contribution in [2.75, 3.05) is 5.48 Å². The summed E-state index contributed by atoms with van der Waals surface area (Å²) in [6, 6.07) is 5.69. The van der Waals surface area contributed by atoms with Crippen molar-refractivity contribution >= 4 is 17.7 Å². The average Bonchev–Trinajstić information content (AvgIpc) is 2.35. The molecule has 0 fully saturated rings. The number of amides is 1. The first kappa shape index (κ1) is 16.8. The zero-order valence-electron chi connectivity index (χ0n) is 12.2. The maximum Gasteiger partial charge on any atom is 0.408 e. The lowest BCUT2D eigenvalue weighted by Crippen LogP contribution is -2.35. The second-order valence-corrected chi connectivity index (χ2v) is 5.53.